The standard InChI is InChI=1S/C20H21N3O4S/c1-12(2)17(22-19(24)14-8-6-13(3)7-9-14)20(25)26-11-16-21-18(23-27-16)15-5-4-10-28-15/h4-10,12,17H,11H2,1-3H3,(H,22,24)/t17-/m0/s1. The second kappa shape index (κ2) is 8.79. The number of thiophene rings is 1. The highest BCUT2D eigenvalue weighted by molar-refractivity contribution is 7.13. The Labute approximate surface area is 166 Å². The van der Waals surface area contributed by atoms with Crippen LogP contribution in [0.4, 0.5) is 0 Å². The van der Waals surface area contributed by atoms with Crippen LogP contribution in [0.15, 0.2) is 46.3 Å². The maximum Gasteiger partial charge on any atom is 0.329 e. The van der Waals surface area contributed by atoms with Crippen molar-refractivity contribution < 1.29 is 18.8 Å². The van der Waals surface area contributed by atoms with Gasteiger partial charge >= 0.3 is 5.97 Å². The topological polar surface area (TPSA) is 94.3 Å². The number of aromatic nitrogens is 2. The molecule has 8 heteroatoms. The average molecular weight is 399 g/mol. The number of ether oxygens (including phenoxy) is 1. The van der Waals surface area contributed by atoms with Crippen molar-refractivity contribution in [2.45, 2.75) is 33.4 Å². The first kappa shape index (κ1) is 19.8. The lowest BCUT2D eigenvalue weighted by molar-refractivity contribution is -0.149. The molecule has 3 rings (SSSR count). The molecule has 7 nitrogen and oxygen atoms in total. The fourth-order valence-electron chi connectivity index (χ4n) is 2.47. The van der Waals surface area contributed by atoms with Gasteiger partial charge in [-0.3, -0.25) is 4.79 Å². The Balaban J connectivity index is 1.60. The summed E-state index contributed by atoms with van der Waals surface area (Å²) < 4.78 is 10.4. The molecule has 0 radical (unpaired) electrons. The molecule has 0 saturated heterocycles. The van der Waals surface area contributed by atoms with Gasteiger partial charge in [0.25, 0.3) is 11.8 Å². The second-order valence-corrected chi connectivity index (χ2v) is 7.61. The normalized spacial score (nSPS) is 12.0. The molecule has 146 valence electrons. The van der Waals surface area contributed by atoms with Gasteiger partial charge in [0.05, 0.1) is 4.88 Å². The van der Waals surface area contributed by atoms with Crippen LogP contribution in [-0.2, 0) is 16.1 Å². The number of nitrogens with one attached hydrogen (secondary N) is 1. The molecular weight excluding hydrogens is 378 g/mol. The van der Waals surface area contributed by atoms with Crippen LogP contribution in [0.5, 0.6) is 0 Å². The lowest BCUT2D eigenvalue weighted by atomic mass is 10.0. The summed E-state index contributed by atoms with van der Waals surface area (Å²) >= 11 is 1.49. The molecule has 3 aromatic rings. The molecule has 28 heavy (non-hydrogen) atoms. The summed E-state index contributed by atoms with van der Waals surface area (Å²) in [4.78, 5) is 30.0. The van der Waals surface area contributed by atoms with Crippen LogP contribution in [0.2, 0.25) is 0 Å². The molecule has 0 fully saturated rings. The number of benzene rings is 1. The zero-order valence-electron chi connectivity index (χ0n) is 15.8. The van der Waals surface area contributed by atoms with Crippen molar-refractivity contribution in [1.82, 2.24) is 15.5 Å². The summed E-state index contributed by atoms with van der Waals surface area (Å²) in [5.41, 5.74) is 1.54. The minimum Gasteiger partial charge on any atom is -0.454 e. The van der Waals surface area contributed by atoms with Crippen LogP contribution in [0, 0.1) is 12.8 Å². The highest BCUT2D eigenvalue weighted by Crippen LogP contribution is 2.21. The summed E-state index contributed by atoms with van der Waals surface area (Å²) in [6, 6.07) is 10.1. The Kier molecular flexibility index (Phi) is 6.20. The molecular formula is C20H21N3O4S. The van der Waals surface area contributed by atoms with Gasteiger partial charge in [-0.1, -0.05) is 42.8 Å². The van der Waals surface area contributed by atoms with Gasteiger partial charge in [-0.25, -0.2) is 4.79 Å². The third-order valence-electron chi connectivity index (χ3n) is 4.07. The van der Waals surface area contributed by atoms with E-state index in [0.29, 0.717) is 11.4 Å². The van der Waals surface area contributed by atoms with E-state index in [2.05, 4.69) is 15.5 Å². The first-order valence-electron chi connectivity index (χ1n) is 8.84. The maximum atomic E-state index is 12.5. The van der Waals surface area contributed by atoms with Crippen molar-refractivity contribution in [3.8, 4) is 10.7 Å². The lowest BCUT2D eigenvalue weighted by Gasteiger charge is -2.20. The van der Waals surface area contributed by atoms with E-state index >= 15 is 0 Å². The van der Waals surface area contributed by atoms with Gasteiger partial charge < -0.3 is 14.6 Å². The summed E-state index contributed by atoms with van der Waals surface area (Å²) in [6.07, 6.45) is 0. The fraction of sp³-hybridized carbons (Fsp3) is 0.300. The Morgan fingerprint density at radius 2 is 1.96 bits per heavy atom. The quantitative estimate of drug-likeness (QED) is 0.610. The second-order valence-electron chi connectivity index (χ2n) is 6.66. The summed E-state index contributed by atoms with van der Waals surface area (Å²) in [7, 11) is 0. The van der Waals surface area contributed by atoms with Crippen molar-refractivity contribution in [2.24, 2.45) is 5.92 Å². The molecule has 1 aromatic carbocycles. The SMILES string of the molecule is Cc1ccc(C(=O)N[C@H](C(=O)OCc2nc(-c3cccs3)no2)C(C)C)cc1. The lowest BCUT2D eigenvalue weighted by Crippen LogP contribution is -2.45. The van der Waals surface area contributed by atoms with Crippen LogP contribution < -0.4 is 5.32 Å². The molecule has 0 bridgehead atoms. The van der Waals surface area contributed by atoms with E-state index in [1.54, 1.807) is 12.1 Å². The zero-order valence-corrected chi connectivity index (χ0v) is 16.7. The molecule has 2 heterocycles. The van der Waals surface area contributed by atoms with Gasteiger partial charge in [-0.2, -0.15) is 4.98 Å². The molecule has 0 spiro atoms. The van der Waals surface area contributed by atoms with E-state index in [1.165, 1.54) is 11.3 Å². The Morgan fingerprint density at radius 3 is 2.61 bits per heavy atom. The molecule has 1 N–H and O–H groups in total. The van der Waals surface area contributed by atoms with Crippen molar-refractivity contribution in [3.63, 3.8) is 0 Å². The van der Waals surface area contributed by atoms with Crippen LogP contribution in [-0.4, -0.2) is 28.1 Å². The van der Waals surface area contributed by atoms with E-state index in [9.17, 15) is 9.59 Å². The number of hydrogen-bond donors (Lipinski definition) is 1. The minimum atomic E-state index is -0.784. The monoisotopic (exact) mass is 399 g/mol. The van der Waals surface area contributed by atoms with Crippen LogP contribution in [0.25, 0.3) is 10.7 Å². The van der Waals surface area contributed by atoms with Gasteiger partial charge in [-0.15, -0.1) is 11.3 Å². The van der Waals surface area contributed by atoms with Crippen LogP contribution >= 0.6 is 11.3 Å². The molecule has 0 unspecified atom stereocenters. The molecule has 0 aliphatic rings. The number of nitrogens with zero attached hydrogens (tertiary/aromatic N) is 2. The number of aryl methyl sites for hydroxylation is 1. The largest absolute Gasteiger partial charge is 0.454 e. The van der Waals surface area contributed by atoms with Crippen molar-refractivity contribution >= 4 is 23.2 Å². The number of hydrogen-bond acceptors (Lipinski definition) is 7. The van der Waals surface area contributed by atoms with E-state index in [4.69, 9.17) is 9.26 Å². The Morgan fingerprint density at radius 1 is 1.21 bits per heavy atom. The van der Waals surface area contributed by atoms with Gasteiger partial charge in [-0.05, 0) is 36.4 Å². The Hall–Kier alpha value is -3.00. The molecule has 1 atom stereocenters. The summed E-state index contributed by atoms with van der Waals surface area (Å²) in [5, 5.41) is 8.52. The van der Waals surface area contributed by atoms with Gasteiger partial charge in [0.2, 0.25) is 5.82 Å². The molecule has 0 saturated carbocycles. The highest BCUT2D eigenvalue weighted by Gasteiger charge is 2.27. The maximum absolute atomic E-state index is 12.5. The molecule has 1 amide bonds. The van der Waals surface area contributed by atoms with Crippen LogP contribution in [0.3, 0.4) is 0 Å². The third kappa shape index (κ3) is 4.83. The van der Waals surface area contributed by atoms with Gasteiger partial charge in [0, 0.05) is 5.56 Å². The smallest absolute Gasteiger partial charge is 0.329 e. The van der Waals surface area contributed by atoms with Crippen molar-refractivity contribution in [1.29, 1.82) is 0 Å². The predicted octanol–water partition coefficient (Wildman–Crippen LogP) is 3.60. The van der Waals surface area contributed by atoms with Crippen molar-refractivity contribution in [2.75, 3.05) is 0 Å². The van der Waals surface area contributed by atoms with Crippen molar-refractivity contribution in [3.05, 3.63) is 58.8 Å². The number of carbonyl (C=O) groups is 2. The zero-order chi connectivity index (χ0) is 20.1. The first-order chi connectivity index (χ1) is 13.4. The third-order valence-corrected chi connectivity index (χ3v) is 4.93. The molecule has 2 aromatic heterocycles. The number of rotatable bonds is 7. The van der Waals surface area contributed by atoms with E-state index in [-0.39, 0.29) is 24.3 Å². The molecule has 0 aliphatic heterocycles. The fourth-order valence-corrected chi connectivity index (χ4v) is 3.12. The van der Waals surface area contributed by atoms with Crippen LogP contribution in [0.1, 0.15) is 35.7 Å². The number of amides is 1. The van der Waals surface area contributed by atoms with E-state index < -0.39 is 12.0 Å². The van der Waals surface area contributed by atoms with Gasteiger partial charge in [0.1, 0.15) is 6.04 Å². The molecule has 0 aliphatic carbocycles. The van der Waals surface area contributed by atoms with Gasteiger partial charge in [0.15, 0.2) is 6.61 Å². The van der Waals surface area contributed by atoms with E-state index in [1.807, 2.05) is 50.4 Å². The van der Waals surface area contributed by atoms with E-state index in [0.717, 1.165) is 10.4 Å². The number of esters is 1. The highest BCUT2D eigenvalue weighted by atomic mass is 32.1. The summed E-state index contributed by atoms with van der Waals surface area (Å²) in [5.74, 6) is -0.371. The predicted molar refractivity (Wildman–Crippen MR) is 105 cm³/mol. The first-order valence-corrected chi connectivity index (χ1v) is 9.72. The minimum absolute atomic E-state index is 0.147. The summed E-state index contributed by atoms with van der Waals surface area (Å²) in [6.45, 7) is 5.46. The number of carbonyl (C=O) groups excluding carboxylic acids is 2. The average Bonchev–Trinajstić information content (AvgIpc) is 3.35. The Bertz CT molecular complexity index is 933.